The first-order chi connectivity index (χ1) is 17.9. The fourth-order valence-electron chi connectivity index (χ4n) is 5.40. The van der Waals surface area contributed by atoms with Crippen LogP contribution in [0.4, 0.5) is 16.2 Å². The highest BCUT2D eigenvalue weighted by Crippen LogP contribution is 2.33. The molecule has 0 radical (unpaired) electrons. The molecule has 1 aromatic heterocycles. The number of nitrogens with one attached hydrogen (secondary N) is 1. The summed E-state index contributed by atoms with van der Waals surface area (Å²) in [5, 5.41) is 3.66. The standard InChI is InChI=1S/C29H32ClN5O2/c1-33(22-13-17-35(18-14-22)23-11-15-31-16-12-23)28(36)21-8-7-20-9-10-26(24(20)19-21)32-29(37)34(2)27-6-4-3-5-25(27)30/h3-8,11-12,15-16,19,22,26H,9-10,13-14,17-18H2,1-2H3,(H,32,37). The molecule has 192 valence electrons. The van der Waals surface area contributed by atoms with Crippen LogP contribution in [0, 0.1) is 0 Å². The van der Waals surface area contributed by atoms with Crippen LogP contribution in [0.3, 0.4) is 0 Å². The van der Waals surface area contributed by atoms with Crippen molar-refractivity contribution < 1.29 is 9.59 Å². The van der Waals surface area contributed by atoms with Crippen LogP contribution in [0.5, 0.6) is 0 Å². The molecule has 2 aromatic carbocycles. The minimum atomic E-state index is -0.222. The first kappa shape index (κ1) is 25.1. The summed E-state index contributed by atoms with van der Waals surface area (Å²) >= 11 is 6.28. The number of carbonyl (C=O) groups is 2. The van der Waals surface area contributed by atoms with Gasteiger partial charge in [-0.2, -0.15) is 0 Å². The van der Waals surface area contributed by atoms with Crippen LogP contribution in [0.1, 0.15) is 46.8 Å². The van der Waals surface area contributed by atoms with E-state index >= 15 is 0 Å². The van der Waals surface area contributed by atoms with Gasteiger partial charge < -0.3 is 15.1 Å². The lowest BCUT2D eigenvalue weighted by Gasteiger charge is -2.38. The third-order valence-electron chi connectivity index (χ3n) is 7.65. The number of urea groups is 1. The molecule has 2 heterocycles. The quantitative estimate of drug-likeness (QED) is 0.498. The maximum Gasteiger partial charge on any atom is 0.322 e. The highest BCUT2D eigenvalue weighted by atomic mass is 35.5. The first-order valence-corrected chi connectivity index (χ1v) is 13.1. The van der Waals surface area contributed by atoms with Gasteiger partial charge in [0.15, 0.2) is 0 Å². The summed E-state index contributed by atoms with van der Waals surface area (Å²) < 4.78 is 0. The highest BCUT2D eigenvalue weighted by Gasteiger charge is 2.29. The second kappa shape index (κ2) is 10.8. The Morgan fingerprint density at radius 2 is 1.73 bits per heavy atom. The number of amides is 3. The van der Waals surface area contributed by atoms with Crippen molar-refractivity contribution in [3.8, 4) is 0 Å². The van der Waals surface area contributed by atoms with Crippen molar-refractivity contribution in [2.24, 2.45) is 0 Å². The van der Waals surface area contributed by atoms with Gasteiger partial charge in [-0.05, 0) is 73.2 Å². The maximum absolute atomic E-state index is 13.4. The summed E-state index contributed by atoms with van der Waals surface area (Å²) in [6, 6.07) is 17.1. The minimum Gasteiger partial charge on any atom is -0.371 e. The molecule has 0 saturated carbocycles. The number of aryl methyl sites for hydroxylation is 1. The Hall–Kier alpha value is -3.58. The maximum atomic E-state index is 13.4. The van der Waals surface area contributed by atoms with E-state index < -0.39 is 0 Å². The Morgan fingerprint density at radius 1 is 1.00 bits per heavy atom. The van der Waals surface area contributed by atoms with Gasteiger partial charge in [0.25, 0.3) is 5.91 Å². The van der Waals surface area contributed by atoms with Crippen LogP contribution in [-0.4, -0.2) is 55.0 Å². The Morgan fingerprint density at radius 3 is 2.46 bits per heavy atom. The van der Waals surface area contributed by atoms with E-state index in [-0.39, 0.29) is 24.0 Å². The number of aromatic nitrogens is 1. The van der Waals surface area contributed by atoms with E-state index in [0.29, 0.717) is 16.3 Å². The summed E-state index contributed by atoms with van der Waals surface area (Å²) in [6.07, 6.45) is 7.14. The van der Waals surface area contributed by atoms with Crippen LogP contribution in [-0.2, 0) is 6.42 Å². The van der Waals surface area contributed by atoms with Gasteiger partial charge in [0.1, 0.15) is 0 Å². The van der Waals surface area contributed by atoms with Crippen molar-refractivity contribution in [1.29, 1.82) is 0 Å². The summed E-state index contributed by atoms with van der Waals surface area (Å²) in [5.41, 5.74) is 4.69. The molecular weight excluding hydrogens is 486 g/mol. The lowest BCUT2D eigenvalue weighted by Crippen LogP contribution is -2.45. The third kappa shape index (κ3) is 5.27. The van der Waals surface area contributed by atoms with Crippen LogP contribution in [0.15, 0.2) is 67.0 Å². The van der Waals surface area contributed by atoms with E-state index in [1.54, 1.807) is 13.1 Å². The molecule has 1 unspecified atom stereocenters. The van der Waals surface area contributed by atoms with Gasteiger partial charge in [-0.1, -0.05) is 29.8 Å². The zero-order valence-electron chi connectivity index (χ0n) is 21.2. The average Bonchev–Trinajstić information content (AvgIpc) is 3.34. The number of anilines is 2. The molecule has 1 atom stereocenters. The number of benzene rings is 2. The van der Waals surface area contributed by atoms with E-state index in [1.807, 2.05) is 72.9 Å². The molecule has 37 heavy (non-hydrogen) atoms. The number of halogens is 1. The molecular formula is C29H32ClN5O2. The van der Waals surface area contributed by atoms with E-state index in [9.17, 15) is 9.59 Å². The molecule has 1 aliphatic heterocycles. The number of nitrogens with zero attached hydrogens (tertiary/aromatic N) is 4. The molecule has 2 aliphatic rings. The smallest absolute Gasteiger partial charge is 0.322 e. The highest BCUT2D eigenvalue weighted by molar-refractivity contribution is 6.33. The zero-order valence-corrected chi connectivity index (χ0v) is 22.0. The SMILES string of the molecule is CN(C(=O)NC1CCc2ccc(C(=O)N(C)C3CCN(c4ccncc4)CC3)cc21)c1ccccc1Cl. The van der Waals surface area contributed by atoms with Crippen molar-refractivity contribution in [3.05, 3.63) is 88.7 Å². The van der Waals surface area contributed by atoms with Crippen molar-refractivity contribution in [2.45, 2.75) is 37.8 Å². The molecule has 8 heteroatoms. The van der Waals surface area contributed by atoms with Crippen LogP contribution >= 0.6 is 11.6 Å². The minimum absolute atomic E-state index is 0.0234. The second-order valence-corrected chi connectivity index (χ2v) is 10.2. The van der Waals surface area contributed by atoms with Crippen molar-refractivity contribution >= 4 is 34.9 Å². The number of hydrogen-bond acceptors (Lipinski definition) is 4. The van der Waals surface area contributed by atoms with E-state index in [0.717, 1.165) is 44.3 Å². The summed E-state index contributed by atoms with van der Waals surface area (Å²) in [4.78, 5) is 36.3. The summed E-state index contributed by atoms with van der Waals surface area (Å²) in [5.74, 6) is 0.0234. The topological polar surface area (TPSA) is 68.8 Å². The largest absolute Gasteiger partial charge is 0.371 e. The monoisotopic (exact) mass is 517 g/mol. The molecule has 3 amide bonds. The van der Waals surface area contributed by atoms with Crippen LogP contribution < -0.4 is 15.1 Å². The van der Waals surface area contributed by atoms with Gasteiger partial charge in [-0.15, -0.1) is 0 Å². The molecule has 1 saturated heterocycles. The van der Waals surface area contributed by atoms with Crippen molar-refractivity contribution in [2.75, 3.05) is 37.0 Å². The number of rotatable bonds is 5. The Balaban J connectivity index is 1.24. The normalized spacial score (nSPS) is 17.3. The van der Waals surface area contributed by atoms with E-state index in [4.69, 9.17) is 11.6 Å². The number of para-hydroxylation sites is 1. The van der Waals surface area contributed by atoms with Crippen LogP contribution in [0.25, 0.3) is 0 Å². The Kier molecular flexibility index (Phi) is 7.33. The molecule has 3 aromatic rings. The molecule has 5 rings (SSSR count). The molecule has 1 aliphatic carbocycles. The molecule has 0 bridgehead atoms. The zero-order chi connectivity index (χ0) is 25.9. The van der Waals surface area contributed by atoms with Gasteiger partial charge in [0.2, 0.25) is 0 Å². The van der Waals surface area contributed by atoms with Gasteiger partial charge in [-0.3, -0.25) is 14.7 Å². The van der Waals surface area contributed by atoms with Gasteiger partial charge in [0, 0.05) is 56.9 Å². The van der Waals surface area contributed by atoms with Gasteiger partial charge in [-0.25, -0.2) is 4.79 Å². The van der Waals surface area contributed by atoms with Gasteiger partial charge in [0.05, 0.1) is 16.8 Å². The lowest BCUT2D eigenvalue weighted by molar-refractivity contribution is 0.0709. The predicted molar refractivity (Wildman–Crippen MR) is 147 cm³/mol. The van der Waals surface area contributed by atoms with Crippen molar-refractivity contribution in [3.63, 3.8) is 0 Å². The van der Waals surface area contributed by atoms with Gasteiger partial charge >= 0.3 is 6.03 Å². The predicted octanol–water partition coefficient (Wildman–Crippen LogP) is 5.31. The van der Waals surface area contributed by atoms with Crippen molar-refractivity contribution in [1.82, 2.24) is 15.2 Å². The fourth-order valence-corrected chi connectivity index (χ4v) is 5.66. The summed E-state index contributed by atoms with van der Waals surface area (Å²) in [7, 11) is 3.61. The first-order valence-electron chi connectivity index (χ1n) is 12.8. The number of pyridine rings is 1. The number of hydrogen-bond donors (Lipinski definition) is 1. The number of carbonyl (C=O) groups excluding carboxylic acids is 2. The van der Waals surface area contributed by atoms with E-state index in [2.05, 4.69) is 15.2 Å². The molecule has 1 N–H and O–H groups in total. The molecule has 7 nitrogen and oxygen atoms in total. The third-order valence-corrected chi connectivity index (χ3v) is 7.97. The lowest BCUT2D eigenvalue weighted by atomic mass is 10.00. The molecule has 0 spiro atoms. The number of fused-ring (bicyclic) bond motifs is 1. The second-order valence-electron chi connectivity index (χ2n) is 9.80. The average molecular weight is 518 g/mol. The van der Waals surface area contributed by atoms with Crippen LogP contribution in [0.2, 0.25) is 5.02 Å². The van der Waals surface area contributed by atoms with E-state index in [1.165, 1.54) is 16.2 Å². The number of piperidine rings is 1. The Labute approximate surface area is 223 Å². The summed E-state index contributed by atoms with van der Waals surface area (Å²) in [6.45, 7) is 1.81. The Bertz CT molecular complexity index is 1280. The molecule has 1 fully saturated rings. The fraction of sp³-hybridized carbons (Fsp3) is 0.345.